The summed E-state index contributed by atoms with van der Waals surface area (Å²) < 4.78 is 41.8. The van der Waals surface area contributed by atoms with Crippen LogP contribution < -0.4 is 0 Å². The molecule has 0 amide bonds. The molecule has 0 heterocycles. The van der Waals surface area contributed by atoms with Gasteiger partial charge in [-0.05, 0) is 25.0 Å². The van der Waals surface area contributed by atoms with Crippen LogP contribution in [0.3, 0.4) is 0 Å². The van der Waals surface area contributed by atoms with Crippen LogP contribution in [-0.4, -0.2) is 21.2 Å². The van der Waals surface area contributed by atoms with Crippen LogP contribution in [0.15, 0.2) is 29.2 Å². The summed E-state index contributed by atoms with van der Waals surface area (Å²) in [4.78, 5) is 0.0597. The summed E-state index contributed by atoms with van der Waals surface area (Å²) in [5.41, 5.74) is 0.955. The van der Waals surface area contributed by atoms with E-state index < -0.39 is 22.9 Å². The van der Waals surface area contributed by atoms with Gasteiger partial charge in [0.05, 0.1) is 11.5 Å². The van der Waals surface area contributed by atoms with Crippen molar-refractivity contribution in [2.24, 2.45) is 5.92 Å². The van der Waals surface area contributed by atoms with Gasteiger partial charge in [-0.15, -0.1) is 0 Å². The molecule has 3 nitrogen and oxygen atoms in total. The van der Waals surface area contributed by atoms with Crippen molar-refractivity contribution in [3.63, 3.8) is 0 Å². The topological polar surface area (TPSA) is 43.4 Å². The maximum absolute atomic E-state index is 13.5. The normalized spacial score (nSPS) is 15.3. The molecule has 2 atom stereocenters. The Kier molecular flexibility index (Phi) is 5.28. The number of halogens is 1. The number of hydrogen-bond acceptors (Lipinski definition) is 3. The van der Waals surface area contributed by atoms with Crippen LogP contribution >= 0.6 is 0 Å². The Labute approximate surface area is 108 Å². The van der Waals surface area contributed by atoms with Gasteiger partial charge < -0.3 is 0 Å². The molecule has 18 heavy (non-hydrogen) atoms. The van der Waals surface area contributed by atoms with E-state index in [-0.39, 0.29) is 10.8 Å². The van der Waals surface area contributed by atoms with Crippen molar-refractivity contribution in [1.82, 2.24) is 0 Å². The van der Waals surface area contributed by atoms with Gasteiger partial charge in [-0.25, -0.2) is 4.39 Å². The monoisotopic (exact) mass is 274 g/mol. The average Bonchev–Trinajstić information content (AvgIpc) is 2.35. The number of hydrogen-bond donors (Lipinski definition) is 0. The van der Waals surface area contributed by atoms with Crippen LogP contribution in [0.5, 0.6) is 0 Å². The number of alkyl halides is 1. The van der Waals surface area contributed by atoms with Crippen molar-refractivity contribution < 1.29 is 17.0 Å². The zero-order valence-corrected chi connectivity index (χ0v) is 11.7. The average molecular weight is 274 g/mol. The predicted octanol–water partition coefficient (Wildman–Crippen LogP) is 3.08. The van der Waals surface area contributed by atoms with Gasteiger partial charge in [-0.2, -0.15) is 8.42 Å². The third kappa shape index (κ3) is 4.07. The van der Waals surface area contributed by atoms with E-state index in [2.05, 4.69) is 0 Å². The molecular weight excluding hydrogens is 255 g/mol. The molecule has 0 unspecified atom stereocenters. The molecule has 0 radical (unpaired) electrons. The second kappa shape index (κ2) is 6.29. The minimum Gasteiger partial charge on any atom is -0.263 e. The molecule has 0 spiro atoms. The minimum absolute atomic E-state index is 0.0597. The fraction of sp³-hybridized carbons (Fsp3) is 0.538. The molecule has 1 aromatic carbocycles. The van der Waals surface area contributed by atoms with Gasteiger partial charge in [0.2, 0.25) is 0 Å². The summed E-state index contributed by atoms with van der Waals surface area (Å²) in [6.07, 6.45) is -0.620. The van der Waals surface area contributed by atoms with E-state index in [1.165, 1.54) is 12.1 Å². The first kappa shape index (κ1) is 15.1. The number of aryl methyl sites for hydroxylation is 1. The molecule has 102 valence electrons. The number of rotatable bonds is 6. The molecule has 0 fully saturated rings. The highest BCUT2D eigenvalue weighted by atomic mass is 32.2. The maximum Gasteiger partial charge on any atom is 0.297 e. The van der Waals surface area contributed by atoms with Gasteiger partial charge in [-0.3, -0.25) is 4.18 Å². The molecule has 0 saturated carbocycles. The minimum atomic E-state index is -3.85. The van der Waals surface area contributed by atoms with E-state index in [0.717, 1.165) is 5.56 Å². The van der Waals surface area contributed by atoms with Gasteiger partial charge in [-0.1, -0.05) is 38.0 Å². The molecule has 0 aromatic heterocycles. The third-order valence-corrected chi connectivity index (χ3v) is 4.25. The standard InChI is InChI=1S/C13H19FO3S/c1-4-11(3)13(14)9-17-18(15,16)12-7-5-10(2)6-8-12/h5-8,11,13H,4,9H2,1-3H3/t11-,13-/m0/s1. The molecule has 0 bridgehead atoms. The van der Waals surface area contributed by atoms with E-state index in [1.54, 1.807) is 19.1 Å². The van der Waals surface area contributed by atoms with Crippen molar-refractivity contribution in [3.8, 4) is 0 Å². The van der Waals surface area contributed by atoms with Crippen LogP contribution in [-0.2, 0) is 14.3 Å². The Morgan fingerprint density at radius 2 is 1.83 bits per heavy atom. The van der Waals surface area contributed by atoms with Crippen LogP contribution in [0.25, 0.3) is 0 Å². The van der Waals surface area contributed by atoms with Crippen molar-refractivity contribution >= 4 is 10.1 Å². The van der Waals surface area contributed by atoms with Crippen molar-refractivity contribution in [2.45, 2.75) is 38.3 Å². The van der Waals surface area contributed by atoms with Gasteiger partial charge in [0, 0.05) is 0 Å². The first-order valence-corrected chi connectivity index (χ1v) is 7.37. The largest absolute Gasteiger partial charge is 0.297 e. The molecule has 0 aliphatic rings. The predicted molar refractivity (Wildman–Crippen MR) is 68.7 cm³/mol. The van der Waals surface area contributed by atoms with Crippen molar-refractivity contribution in [1.29, 1.82) is 0 Å². The SMILES string of the molecule is CC[C@H](C)[C@@H](F)COS(=O)(=O)c1ccc(C)cc1. The Hall–Kier alpha value is -0.940. The lowest BCUT2D eigenvalue weighted by Crippen LogP contribution is -2.21. The highest BCUT2D eigenvalue weighted by Gasteiger charge is 2.21. The lowest BCUT2D eigenvalue weighted by Gasteiger charge is -2.14. The highest BCUT2D eigenvalue weighted by molar-refractivity contribution is 7.86. The van der Waals surface area contributed by atoms with Gasteiger partial charge in [0.25, 0.3) is 10.1 Å². The van der Waals surface area contributed by atoms with Crippen LogP contribution in [0.4, 0.5) is 4.39 Å². The summed E-state index contributed by atoms with van der Waals surface area (Å²) >= 11 is 0. The molecular formula is C13H19FO3S. The second-order valence-electron chi connectivity index (χ2n) is 4.45. The lowest BCUT2D eigenvalue weighted by atomic mass is 10.0. The molecule has 0 aliphatic heterocycles. The Balaban J connectivity index is 2.68. The van der Waals surface area contributed by atoms with Crippen LogP contribution in [0.2, 0.25) is 0 Å². The van der Waals surface area contributed by atoms with Crippen molar-refractivity contribution in [3.05, 3.63) is 29.8 Å². The molecule has 0 N–H and O–H groups in total. The quantitative estimate of drug-likeness (QED) is 0.749. The third-order valence-electron chi connectivity index (χ3n) is 2.95. The zero-order chi connectivity index (χ0) is 13.8. The van der Waals surface area contributed by atoms with Gasteiger partial charge in [0.1, 0.15) is 6.17 Å². The van der Waals surface area contributed by atoms with Crippen LogP contribution in [0.1, 0.15) is 25.8 Å². The molecule has 0 saturated heterocycles. The molecule has 0 aliphatic carbocycles. The Morgan fingerprint density at radius 3 is 2.33 bits per heavy atom. The van der Waals surface area contributed by atoms with E-state index in [9.17, 15) is 12.8 Å². The molecule has 1 aromatic rings. The van der Waals surface area contributed by atoms with Gasteiger partial charge in [0.15, 0.2) is 0 Å². The second-order valence-corrected chi connectivity index (χ2v) is 6.07. The maximum atomic E-state index is 13.5. The van der Waals surface area contributed by atoms with E-state index in [1.807, 2.05) is 13.8 Å². The Morgan fingerprint density at radius 1 is 1.28 bits per heavy atom. The fourth-order valence-corrected chi connectivity index (χ4v) is 2.26. The van der Waals surface area contributed by atoms with E-state index in [0.29, 0.717) is 6.42 Å². The zero-order valence-electron chi connectivity index (χ0n) is 10.9. The lowest BCUT2D eigenvalue weighted by molar-refractivity contribution is 0.149. The summed E-state index contributed by atoms with van der Waals surface area (Å²) in [7, 11) is -3.85. The number of benzene rings is 1. The summed E-state index contributed by atoms with van der Waals surface area (Å²) in [5, 5.41) is 0. The first-order chi connectivity index (χ1) is 8.36. The summed E-state index contributed by atoms with van der Waals surface area (Å²) in [5.74, 6) is -0.210. The molecule has 5 heteroatoms. The Bertz CT molecular complexity index is 468. The van der Waals surface area contributed by atoms with E-state index in [4.69, 9.17) is 4.18 Å². The first-order valence-electron chi connectivity index (χ1n) is 5.97. The summed E-state index contributed by atoms with van der Waals surface area (Å²) in [6.45, 7) is 5.02. The van der Waals surface area contributed by atoms with E-state index >= 15 is 0 Å². The van der Waals surface area contributed by atoms with Crippen molar-refractivity contribution in [2.75, 3.05) is 6.61 Å². The van der Waals surface area contributed by atoms with Crippen LogP contribution in [0, 0.1) is 12.8 Å². The van der Waals surface area contributed by atoms with Gasteiger partial charge >= 0.3 is 0 Å². The smallest absolute Gasteiger partial charge is 0.263 e. The highest BCUT2D eigenvalue weighted by Crippen LogP contribution is 2.17. The summed E-state index contributed by atoms with van der Waals surface area (Å²) in [6, 6.07) is 6.28. The molecule has 1 rings (SSSR count). The fourth-order valence-electron chi connectivity index (χ4n) is 1.35.